The molecule has 1 aromatic carbocycles. The van der Waals surface area contributed by atoms with Crippen molar-refractivity contribution >= 4 is 5.97 Å². The normalized spacial score (nSPS) is 31.4. The first-order valence-electron chi connectivity index (χ1n) is 6.75. The van der Waals surface area contributed by atoms with Crippen molar-refractivity contribution in [2.75, 3.05) is 6.61 Å². The Labute approximate surface area is 116 Å². The molecule has 1 N–H and O–H groups in total. The highest BCUT2D eigenvalue weighted by Crippen LogP contribution is 2.52. The monoisotopic (exact) mass is 270 g/mol. The van der Waals surface area contributed by atoms with Crippen LogP contribution in [-0.2, 0) is 19.7 Å². The Morgan fingerprint density at radius 2 is 2.05 bits per heavy atom. The highest BCUT2D eigenvalue weighted by Gasteiger charge is 2.53. The molecule has 1 aromatic rings. The number of fused-ring (bicyclic) bond motifs is 2. The summed E-state index contributed by atoms with van der Waals surface area (Å²) in [5, 5.41) is 10.4. The Hall–Kier alpha value is -2.07. The molecule has 1 aliphatic carbocycles. The van der Waals surface area contributed by atoms with Crippen molar-refractivity contribution in [2.45, 2.75) is 24.4 Å². The van der Waals surface area contributed by atoms with Gasteiger partial charge in [0.05, 0.1) is 18.1 Å². The van der Waals surface area contributed by atoms with E-state index in [1.54, 1.807) is 0 Å². The molecule has 2 atom stereocenters. The standard InChI is InChI=1S/C16H14O4/c17-12-8-16(10-4-2-1-3-5-10)6-7-19-14(16)13-11(12)9-20-15(13)18/h1-5,9,12,17H,6-8H2/t12-,16+/m1/s1. The van der Waals surface area contributed by atoms with Gasteiger partial charge in [0.15, 0.2) is 0 Å². The Bertz CT molecular complexity index is 644. The molecule has 0 aromatic heterocycles. The number of cyclic esters (lactones) is 1. The van der Waals surface area contributed by atoms with E-state index in [-0.39, 0.29) is 0 Å². The predicted molar refractivity (Wildman–Crippen MR) is 70.5 cm³/mol. The van der Waals surface area contributed by atoms with E-state index in [0.717, 1.165) is 12.0 Å². The van der Waals surface area contributed by atoms with Gasteiger partial charge in [0.25, 0.3) is 0 Å². The molecule has 3 aliphatic rings. The van der Waals surface area contributed by atoms with Gasteiger partial charge in [0.1, 0.15) is 17.6 Å². The minimum absolute atomic E-state index is 0.406. The van der Waals surface area contributed by atoms with Gasteiger partial charge in [-0.2, -0.15) is 0 Å². The summed E-state index contributed by atoms with van der Waals surface area (Å²) >= 11 is 0. The number of esters is 1. The number of carbonyl (C=O) groups is 1. The maximum absolute atomic E-state index is 11.9. The zero-order valence-electron chi connectivity index (χ0n) is 10.8. The van der Waals surface area contributed by atoms with Gasteiger partial charge in [-0.25, -0.2) is 4.79 Å². The van der Waals surface area contributed by atoms with Crippen molar-refractivity contribution in [1.82, 2.24) is 0 Å². The van der Waals surface area contributed by atoms with E-state index in [1.807, 2.05) is 30.3 Å². The average Bonchev–Trinajstić information content (AvgIpc) is 3.05. The highest BCUT2D eigenvalue weighted by molar-refractivity contribution is 5.98. The van der Waals surface area contributed by atoms with Crippen molar-refractivity contribution in [3.05, 3.63) is 59.1 Å². The molecule has 1 saturated heterocycles. The molecule has 0 spiro atoms. The van der Waals surface area contributed by atoms with Crippen molar-refractivity contribution in [3.8, 4) is 0 Å². The van der Waals surface area contributed by atoms with Crippen LogP contribution < -0.4 is 0 Å². The number of rotatable bonds is 1. The summed E-state index contributed by atoms with van der Waals surface area (Å²) in [7, 11) is 0. The Balaban J connectivity index is 1.96. The summed E-state index contributed by atoms with van der Waals surface area (Å²) in [6.45, 7) is 0.557. The number of ether oxygens (including phenoxy) is 2. The van der Waals surface area contributed by atoms with Gasteiger partial charge in [-0.15, -0.1) is 0 Å². The number of aliphatic hydroxyl groups is 1. The zero-order valence-corrected chi connectivity index (χ0v) is 10.8. The van der Waals surface area contributed by atoms with Crippen LogP contribution in [0, 0.1) is 0 Å². The smallest absolute Gasteiger partial charge is 0.346 e. The number of carbonyl (C=O) groups excluding carboxylic acids is 1. The number of benzene rings is 1. The number of hydrogen-bond donors (Lipinski definition) is 1. The van der Waals surface area contributed by atoms with Crippen LogP contribution in [0.15, 0.2) is 53.5 Å². The molecule has 20 heavy (non-hydrogen) atoms. The first-order valence-corrected chi connectivity index (χ1v) is 6.75. The lowest BCUT2D eigenvalue weighted by Gasteiger charge is -2.36. The molecule has 4 nitrogen and oxygen atoms in total. The van der Waals surface area contributed by atoms with Crippen LogP contribution in [0.25, 0.3) is 0 Å². The maximum Gasteiger partial charge on any atom is 0.346 e. The van der Waals surface area contributed by atoms with Crippen LogP contribution in [-0.4, -0.2) is 23.8 Å². The van der Waals surface area contributed by atoms with Crippen molar-refractivity contribution in [1.29, 1.82) is 0 Å². The number of aliphatic hydroxyl groups excluding tert-OH is 1. The molecule has 4 rings (SSSR count). The number of allylic oxidation sites excluding steroid dienone is 1. The van der Waals surface area contributed by atoms with Gasteiger partial charge >= 0.3 is 5.97 Å². The van der Waals surface area contributed by atoms with Gasteiger partial charge in [0.2, 0.25) is 0 Å². The van der Waals surface area contributed by atoms with E-state index in [9.17, 15) is 9.90 Å². The molecule has 4 heteroatoms. The molecule has 1 fully saturated rings. The van der Waals surface area contributed by atoms with Crippen molar-refractivity contribution in [3.63, 3.8) is 0 Å². The van der Waals surface area contributed by atoms with Gasteiger partial charge in [0, 0.05) is 5.57 Å². The first kappa shape index (κ1) is 11.7. The van der Waals surface area contributed by atoms with Gasteiger partial charge in [-0.1, -0.05) is 30.3 Å². The molecular weight excluding hydrogens is 256 g/mol. The average molecular weight is 270 g/mol. The molecule has 0 saturated carbocycles. The molecule has 0 bridgehead atoms. The fraction of sp³-hybridized carbons (Fsp3) is 0.312. The van der Waals surface area contributed by atoms with E-state index in [0.29, 0.717) is 29.9 Å². The summed E-state index contributed by atoms with van der Waals surface area (Å²) in [5.74, 6) is 0.249. The fourth-order valence-corrected chi connectivity index (χ4v) is 3.50. The summed E-state index contributed by atoms with van der Waals surface area (Å²) in [6, 6.07) is 9.94. The largest absolute Gasteiger partial charge is 0.496 e. The van der Waals surface area contributed by atoms with Crippen LogP contribution in [0.3, 0.4) is 0 Å². The SMILES string of the molecule is O=C1OC=C2C1=C1OCC[C@@]1(c1ccccc1)C[C@H]2O. The zero-order chi connectivity index (χ0) is 13.7. The van der Waals surface area contributed by atoms with E-state index < -0.39 is 17.5 Å². The molecule has 0 radical (unpaired) electrons. The topological polar surface area (TPSA) is 55.8 Å². The Morgan fingerprint density at radius 3 is 2.85 bits per heavy atom. The third-order valence-electron chi connectivity index (χ3n) is 4.45. The minimum Gasteiger partial charge on any atom is -0.496 e. The second-order valence-corrected chi connectivity index (χ2v) is 5.45. The van der Waals surface area contributed by atoms with Gasteiger partial charge < -0.3 is 14.6 Å². The highest BCUT2D eigenvalue weighted by atomic mass is 16.5. The van der Waals surface area contributed by atoms with Crippen molar-refractivity contribution < 1.29 is 19.4 Å². The molecule has 102 valence electrons. The minimum atomic E-state index is -0.692. The Morgan fingerprint density at radius 1 is 1.25 bits per heavy atom. The van der Waals surface area contributed by atoms with Crippen LogP contribution in [0.1, 0.15) is 18.4 Å². The summed E-state index contributed by atoms with van der Waals surface area (Å²) < 4.78 is 10.7. The lowest BCUT2D eigenvalue weighted by Crippen LogP contribution is -2.37. The second-order valence-electron chi connectivity index (χ2n) is 5.45. The molecular formula is C16H14O4. The van der Waals surface area contributed by atoms with Gasteiger partial charge in [-0.3, -0.25) is 0 Å². The van der Waals surface area contributed by atoms with Crippen LogP contribution in [0.5, 0.6) is 0 Å². The molecule has 0 amide bonds. The third-order valence-corrected chi connectivity index (χ3v) is 4.45. The number of hydrogen-bond acceptors (Lipinski definition) is 4. The fourth-order valence-electron chi connectivity index (χ4n) is 3.50. The van der Waals surface area contributed by atoms with Crippen LogP contribution >= 0.6 is 0 Å². The maximum atomic E-state index is 11.9. The van der Waals surface area contributed by atoms with E-state index >= 15 is 0 Å². The second kappa shape index (κ2) is 3.96. The van der Waals surface area contributed by atoms with Gasteiger partial charge in [-0.05, 0) is 18.4 Å². The summed E-state index contributed by atoms with van der Waals surface area (Å²) in [5.41, 5.74) is 1.65. The third kappa shape index (κ3) is 1.37. The lowest BCUT2D eigenvalue weighted by molar-refractivity contribution is -0.132. The quantitative estimate of drug-likeness (QED) is 0.791. The predicted octanol–water partition coefficient (Wildman–Crippen LogP) is 1.80. The van der Waals surface area contributed by atoms with Crippen molar-refractivity contribution in [2.24, 2.45) is 0 Å². The molecule has 2 heterocycles. The first-order chi connectivity index (χ1) is 9.72. The summed E-state index contributed by atoms with van der Waals surface area (Å²) in [4.78, 5) is 11.9. The Kier molecular flexibility index (Phi) is 2.32. The van der Waals surface area contributed by atoms with E-state index in [2.05, 4.69) is 0 Å². The van der Waals surface area contributed by atoms with Crippen LogP contribution in [0.4, 0.5) is 0 Å². The molecule has 2 aliphatic heterocycles. The summed E-state index contributed by atoms with van der Waals surface area (Å²) in [6.07, 6.45) is 1.96. The van der Waals surface area contributed by atoms with Crippen LogP contribution in [0.2, 0.25) is 0 Å². The van der Waals surface area contributed by atoms with E-state index in [1.165, 1.54) is 6.26 Å². The van der Waals surface area contributed by atoms with E-state index in [4.69, 9.17) is 9.47 Å². The lowest BCUT2D eigenvalue weighted by atomic mass is 9.67. The molecule has 0 unspecified atom stereocenters.